The lowest BCUT2D eigenvalue weighted by molar-refractivity contribution is 0.500. The van der Waals surface area contributed by atoms with E-state index in [1.807, 2.05) is 11.3 Å². The van der Waals surface area contributed by atoms with Crippen molar-refractivity contribution in [1.82, 2.24) is 5.32 Å². The number of hydrogen-bond acceptors (Lipinski definition) is 2. The lowest BCUT2D eigenvalue weighted by Crippen LogP contribution is -2.29. The molecule has 2 bridgehead atoms. The molecule has 41 heavy (non-hydrogen) atoms. The summed E-state index contributed by atoms with van der Waals surface area (Å²) in [7, 11) is -0.430. The number of nitrogens with one attached hydrogen (secondary N) is 1. The summed E-state index contributed by atoms with van der Waals surface area (Å²) in [6, 6.07) is 30.1. The summed E-state index contributed by atoms with van der Waals surface area (Å²) in [6.45, 7) is 17.6. The number of rotatable bonds is 4. The summed E-state index contributed by atoms with van der Waals surface area (Å²) in [5, 5.41) is 8.07. The molecule has 0 radical (unpaired) electrons. The van der Waals surface area contributed by atoms with E-state index in [1.54, 1.807) is 0 Å². The van der Waals surface area contributed by atoms with Gasteiger partial charge in [-0.2, -0.15) is 0 Å². The standard InChI is InChI=1S/C36H36NPS.C2H4/c1-23-21-31-24(2)34(25(3)37-31)35-33(23)30-16-15-26(22-32(30)39-35)36(4)19-17-29(18-20-36)38(27-11-7-5-8-12-27)28-13-9-6-10-14-28;1-2/h5-17,19,21-23,25,29,34,37H,2,18,20H2,1,3-4H3;1-2H2/t23?,25?,29?,34?,36-;/m1./s1. The van der Waals surface area contributed by atoms with E-state index in [0.29, 0.717) is 23.5 Å². The predicted octanol–water partition coefficient (Wildman–Crippen LogP) is 9.45. The molecule has 1 nitrogen and oxygen atoms in total. The Morgan fingerprint density at radius 3 is 2.20 bits per heavy atom. The maximum Gasteiger partial charge on any atom is 0.0400 e. The molecule has 1 fully saturated rings. The molecule has 1 aliphatic heterocycles. The van der Waals surface area contributed by atoms with Gasteiger partial charge in [0.25, 0.3) is 0 Å². The molecule has 0 spiro atoms. The van der Waals surface area contributed by atoms with Crippen LogP contribution in [0.15, 0.2) is 128 Å². The first-order chi connectivity index (χ1) is 19.9. The Balaban J connectivity index is 0.00000148. The molecular formula is C38H40NPS. The normalized spacial score (nSPS) is 26.5. The van der Waals surface area contributed by atoms with Gasteiger partial charge in [-0.3, -0.25) is 0 Å². The van der Waals surface area contributed by atoms with Gasteiger partial charge in [-0.25, -0.2) is 0 Å². The maximum absolute atomic E-state index is 4.49. The Labute approximate surface area is 251 Å². The SMILES string of the molecule is C=C.C=C1C2=CC(C)c3c(sc4cc([C@]5(C)C=CC(P(c6ccccc6)c6ccccc6)CC5)ccc34)C1C(C)N2. The van der Waals surface area contributed by atoms with Crippen LogP contribution in [0, 0.1) is 0 Å². The van der Waals surface area contributed by atoms with Gasteiger partial charge in [-0.15, -0.1) is 24.5 Å². The van der Waals surface area contributed by atoms with Crippen LogP contribution in [0.2, 0.25) is 0 Å². The first-order valence-corrected chi connectivity index (χ1v) is 17.0. The summed E-state index contributed by atoms with van der Waals surface area (Å²) in [4.78, 5) is 1.52. The van der Waals surface area contributed by atoms with Crippen LogP contribution in [0.3, 0.4) is 0 Å². The number of benzene rings is 3. The number of hydrogen-bond donors (Lipinski definition) is 1. The molecule has 2 aliphatic carbocycles. The van der Waals surface area contributed by atoms with Gasteiger partial charge < -0.3 is 5.32 Å². The summed E-state index contributed by atoms with van der Waals surface area (Å²) >= 11 is 2.01. The number of allylic oxidation sites excluding steroid dienone is 4. The van der Waals surface area contributed by atoms with E-state index in [2.05, 4.69) is 143 Å². The average molecular weight is 574 g/mol. The Morgan fingerprint density at radius 1 is 0.927 bits per heavy atom. The molecule has 4 aromatic rings. The van der Waals surface area contributed by atoms with Crippen molar-refractivity contribution in [3.63, 3.8) is 0 Å². The fourth-order valence-corrected chi connectivity index (χ4v) is 11.4. The molecule has 1 aromatic heterocycles. The van der Waals surface area contributed by atoms with Gasteiger partial charge in [0.15, 0.2) is 0 Å². The van der Waals surface area contributed by atoms with Crippen LogP contribution in [0.5, 0.6) is 0 Å². The highest BCUT2D eigenvalue weighted by molar-refractivity contribution is 7.73. The average Bonchev–Trinajstić information content (AvgIpc) is 3.48. The lowest BCUT2D eigenvalue weighted by Gasteiger charge is -2.36. The molecule has 1 N–H and O–H groups in total. The molecule has 2 heterocycles. The lowest BCUT2D eigenvalue weighted by atomic mass is 9.75. The second-order valence-corrected chi connectivity index (χ2v) is 15.3. The zero-order chi connectivity index (χ0) is 28.7. The minimum absolute atomic E-state index is 0.0605. The van der Waals surface area contributed by atoms with Crippen molar-refractivity contribution in [2.75, 3.05) is 0 Å². The highest BCUT2D eigenvalue weighted by Crippen LogP contribution is 2.52. The Hall–Kier alpha value is -3.19. The van der Waals surface area contributed by atoms with Crippen LogP contribution in [0.1, 0.15) is 61.5 Å². The van der Waals surface area contributed by atoms with Gasteiger partial charge in [0, 0.05) is 44.2 Å². The highest BCUT2D eigenvalue weighted by Gasteiger charge is 2.39. The van der Waals surface area contributed by atoms with Gasteiger partial charge in [0.1, 0.15) is 0 Å². The van der Waals surface area contributed by atoms with Crippen LogP contribution in [0.4, 0.5) is 0 Å². The Kier molecular flexibility index (Phi) is 7.66. The fraction of sp³-hybridized carbons (Fsp3) is 0.263. The molecule has 0 saturated carbocycles. The van der Waals surface area contributed by atoms with E-state index in [-0.39, 0.29) is 5.41 Å². The first kappa shape index (κ1) is 28.0. The predicted molar refractivity (Wildman–Crippen MR) is 183 cm³/mol. The molecule has 3 aliphatic rings. The largest absolute Gasteiger partial charge is 0.382 e. The van der Waals surface area contributed by atoms with Crippen molar-refractivity contribution in [2.24, 2.45) is 0 Å². The molecular weight excluding hydrogens is 533 g/mol. The van der Waals surface area contributed by atoms with Crippen LogP contribution in [-0.2, 0) is 5.41 Å². The first-order valence-electron chi connectivity index (χ1n) is 14.8. The quantitative estimate of drug-likeness (QED) is 0.189. The van der Waals surface area contributed by atoms with Crippen molar-refractivity contribution >= 4 is 40.0 Å². The van der Waals surface area contributed by atoms with Crippen molar-refractivity contribution in [2.45, 2.75) is 62.6 Å². The van der Waals surface area contributed by atoms with Gasteiger partial charge in [0.2, 0.25) is 0 Å². The fourth-order valence-electron chi connectivity index (χ4n) is 7.07. The van der Waals surface area contributed by atoms with Crippen molar-refractivity contribution in [3.8, 4) is 0 Å². The van der Waals surface area contributed by atoms with E-state index in [4.69, 9.17) is 0 Å². The summed E-state index contributed by atoms with van der Waals surface area (Å²) in [6.07, 6.45) is 9.86. The van der Waals surface area contributed by atoms with Crippen LogP contribution < -0.4 is 15.9 Å². The van der Waals surface area contributed by atoms with E-state index >= 15 is 0 Å². The van der Waals surface area contributed by atoms with Crippen LogP contribution in [-0.4, -0.2) is 11.7 Å². The Morgan fingerprint density at radius 2 is 1.59 bits per heavy atom. The molecule has 208 valence electrons. The number of thiophene rings is 1. The van der Waals surface area contributed by atoms with Crippen molar-refractivity contribution < 1.29 is 0 Å². The minimum atomic E-state index is -0.430. The summed E-state index contributed by atoms with van der Waals surface area (Å²) in [5.41, 5.74) is 6.12. The van der Waals surface area contributed by atoms with E-state index in [9.17, 15) is 0 Å². The highest BCUT2D eigenvalue weighted by atomic mass is 32.1. The topological polar surface area (TPSA) is 12.0 Å². The second-order valence-electron chi connectivity index (χ2n) is 11.8. The summed E-state index contributed by atoms with van der Waals surface area (Å²) in [5.74, 6) is 0.788. The van der Waals surface area contributed by atoms with Crippen molar-refractivity contribution in [1.29, 1.82) is 0 Å². The minimum Gasteiger partial charge on any atom is -0.382 e. The van der Waals surface area contributed by atoms with E-state index in [0.717, 1.165) is 0 Å². The zero-order valence-electron chi connectivity index (χ0n) is 24.4. The van der Waals surface area contributed by atoms with Gasteiger partial charge >= 0.3 is 0 Å². The van der Waals surface area contributed by atoms with Crippen molar-refractivity contribution in [3.05, 3.63) is 144 Å². The molecule has 1 saturated heterocycles. The molecule has 0 amide bonds. The molecule has 3 heteroatoms. The van der Waals surface area contributed by atoms with Crippen LogP contribution in [0.25, 0.3) is 10.1 Å². The molecule has 4 unspecified atom stereocenters. The molecule has 7 rings (SSSR count). The monoisotopic (exact) mass is 573 g/mol. The number of fused-ring (bicyclic) bond motifs is 6. The second kappa shape index (κ2) is 11.2. The third kappa shape index (κ3) is 4.86. The van der Waals surface area contributed by atoms with Gasteiger partial charge in [-0.05, 0) is 66.4 Å². The van der Waals surface area contributed by atoms with E-state index in [1.165, 1.54) is 60.8 Å². The molecule has 3 aromatic carbocycles. The van der Waals surface area contributed by atoms with E-state index < -0.39 is 7.92 Å². The van der Waals surface area contributed by atoms with Crippen LogP contribution >= 0.6 is 19.3 Å². The Bertz CT molecular complexity index is 1590. The van der Waals surface area contributed by atoms with Gasteiger partial charge in [0.05, 0.1) is 0 Å². The third-order valence-electron chi connectivity index (χ3n) is 9.22. The smallest absolute Gasteiger partial charge is 0.0400 e. The maximum atomic E-state index is 4.49. The molecule has 5 atom stereocenters. The zero-order valence-corrected chi connectivity index (χ0v) is 26.1. The third-order valence-corrected chi connectivity index (χ3v) is 13.3. The van der Waals surface area contributed by atoms with Gasteiger partial charge in [-0.1, -0.05) is 111 Å². The summed E-state index contributed by atoms with van der Waals surface area (Å²) < 4.78 is 1.43.